The van der Waals surface area contributed by atoms with Crippen LogP contribution < -0.4 is 5.32 Å². The van der Waals surface area contributed by atoms with Gasteiger partial charge in [-0.2, -0.15) is 0 Å². The molecule has 98 valence electrons. The third-order valence-corrected chi connectivity index (χ3v) is 4.01. The Bertz CT molecular complexity index is 269. The van der Waals surface area contributed by atoms with E-state index in [1.165, 1.54) is 51.0 Å². The molecule has 0 aromatic rings. The predicted octanol–water partition coefficient (Wildman–Crippen LogP) is 1.65. The monoisotopic (exact) mass is 238 g/mol. The van der Waals surface area contributed by atoms with Crippen LogP contribution in [0.25, 0.3) is 0 Å². The highest BCUT2D eigenvalue weighted by Crippen LogP contribution is 2.27. The number of piperidine rings is 1. The van der Waals surface area contributed by atoms with Gasteiger partial charge in [0.25, 0.3) is 0 Å². The van der Waals surface area contributed by atoms with Crippen molar-refractivity contribution in [3.63, 3.8) is 0 Å². The van der Waals surface area contributed by atoms with Crippen LogP contribution in [0.15, 0.2) is 11.6 Å². The van der Waals surface area contributed by atoms with E-state index < -0.39 is 0 Å². The zero-order chi connectivity index (χ0) is 12.1. The standard InChI is InChI=1S/C14H26N2O/c1-14(6-3-7-15-11-14)12-16-8-4-13(5-9-16)10-17-2/h4,15H,3,5-12H2,1-2H3. The number of nitrogens with one attached hydrogen (secondary N) is 1. The van der Waals surface area contributed by atoms with E-state index in [2.05, 4.69) is 23.2 Å². The second-order valence-electron chi connectivity index (χ2n) is 5.87. The Kier molecular flexibility index (Phi) is 4.60. The topological polar surface area (TPSA) is 24.5 Å². The second-order valence-corrected chi connectivity index (χ2v) is 5.87. The molecule has 1 fully saturated rings. The fourth-order valence-corrected chi connectivity index (χ4v) is 3.01. The fraction of sp³-hybridized carbons (Fsp3) is 0.857. The van der Waals surface area contributed by atoms with Crippen LogP contribution in [0, 0.1) is 5.41 Å². The zero-order valence-electron chi connectivity index (χ0n) is 11.3. The van der Waals surface area contributed by atoms with Crippen LogP contribution in [0.3, 0.4) is 0 Å². The molecule has 0 aliphatic carbocycles. The van der Waals surface area contributed by atoms with E-state index in [4.69, 9.17) is 4.74 Å². The molecule has 2 rings (SSSR count). The highest BCUT2D eigenvalue weighted by Gasteiger charge is 2.29. The van der Waals surface area contributed by atoms with Crippen molar-refractivity contribution in [2.45, 2.75) is 26.2 Å². The van der Waals surface area contributed by atoms with Crippen LogP contribution in [-0.4, -0.2) is 51.3 Å². The van der Waals surface area contributed by atoms with Gasteiger partial charge < -0.3 is 10.1 Å². The average Bonchev–Trinajstić information content (AvgIpc) is 2.33. The van der Waals surface area contributed by atoms with Crippen LogP contribution in [0.4, 0.5) is 0 Å². The highest BCUT2D eigenvalue weighted by molar-refractivity contribution is 5.08. The molecule has 1 atom stereocenters. The third-order valence-electron chi connectivity index (χ3n) is 4.01. The Morgan fingerprint density at radius 2 is 2.41 bits per heavy atom. The molecule has 3 heteroatoms. The molecular formula is C14H26N2O. The summed E-state index contributed by atoms with van der Waals surface area (Å²) in [6, 6.07) is 0. The van der Waals surface area contributed by atoms with Gasteiger partial charge in [0.15, 0.2) is 0 Å². The Hall–Kier alpha value is -0.380. The van der Waals surface area contributed by atoms with E-state index in [-0.39, 0.29) is 0 Å². The molecule has 0 aromatic carbocycles. The minimum absolute atomic E-state index is 0.477. The van der Waals surface area contributed by atoms with Crippen molar-refractivity contribution in [3.8, 4) is 0 Å². The molecule has 2 aliphatic rings. The molecular weight excluding hydrogens is 212 g/mol. The van der Waals surface area contributed by atoms with Gasteiger partial charge in [0.2, 0.25) is 0 Å². The first-order valence-electron chi connectivity index (χ1n) is 6.82. The minimum Gasteiger partial charge on any atom is -0.380 e. The molecule has 0 aromatic heterocycles. The van der Waals surface area contributed by atoms with Gasteiger partial charge in [0.1, 0.15) is 0 Å². The smallest absolute Gasteiger partial charge is 0.0673 e. The summed E-state index contributed by atoms with van der Waals surface area (Å²) in [5.74, 6) is 0. The molecule has 0 saturated carbocycles. The maximum absolute atomic E-state index is 5.19. The van der Waals surface area contributed by atoms with E-state index in [1.54, 1.807) is 7.11 Å². The molecule has 0 amide bonds. The van der Waals surface area contributed by atoms with E-state index in [0.29, 0.717) is 5.41 Å². The van der Waals surface area contributed by atoms with Gasteiger partial charge in [0, 0.05) is 33.3 Å². The largest absolute Gasteiger partial charge is 0.380 e. The molecule has 2 aliphatic heterocycles. The number of hydrogen-bond donors (Lipinski definition) is 1. The third kappa shape index (κ3) is 3.80. The Morgan fingerprint density at radius 1 is 1.53 bits per heavy atom. The number of ether oxygens (including phenoxy) is 1. The fourth-order valence-electron chi connectivity index (χ4n) is 3.01. The molecule has 17 heavy (non-hydrogen) atoms. The lowest BCUT2D eigenvalue weighted by molar-refractivity contribution is 0.135. The van der Waals surface area contributed by atoms with Crippen molar-refractivity contribution in [2.24, 2.45) is 5.41 Å². The van der Waals surface area contributed by atoms with Gasteiger partial charge in [-0.05, 0) is 36.8 Å². The number of methoxy groups -OCH3 is 1. The molecule has 1 N–H and O–H groups in total. The Morgan fingerprint density at radius 3 is 3.00 bits per heavy atom. The average molecular weight is 238 g/mol. The second kappa shape index (κ2) is 5.98. The first-order valence-corrected chi connectivity index (χ1v) is 6.82. The zero-order valence-corrected chi connectivity index (χ0v) is 11.3. The summed E-state index contributed by atoms with van der Waals surface area (Å²) >= 11 is 0. The quantitative estimate of drug-likeness (QED) is 0.754. The molecule has 0 bridgehead atoms. The summed E-state index contributed by atoms with van der Waals surface area (Å²) in [5, 5.41) is 3.53. The predicted molar refractivity (Wildman–Crippen MR) is 71.2 cm³/mol. The number of hydrogen-bond acceptors (Lipinski definition) is 3. The van der Waals surface area contributed by atoms with E-state index in [1.807, 2.05) is 0 Å². The summed E-state index contributed by atoms with van der Waals surface area (Å²) in [6.45, 7) is 9.15. The van der Waals surface area contributed by atoms with Crippen LogP contribution in [0.2, 0.25) is 0 Å². The van der Waals surface area contributed by atoms with Crippen molar-refractivity contribution in [1.82, 2.24) is 10.2 Å². The lowest BCUT2D eigenvalue weighted by atomic mass is 9.82. The molecule has 3 nitrogen and oxygen atoms in total. The first kappa shape index (κ1) is 13.1. The summed E-state index contributed by atoms with van der Waals surface area (Å²) in [4.78, 5) is 2.59. The summed E-state index contributed by atoms with van der Waals surface area (Å²) in [7, 11) is 1.78. The Labute approximate surface area is 105 Å². The summed E-state index contributed by atoms with van der Waals surface area (Å²) < 4.78 is 5.19. The molecule has 0 spiro atoms. The van der Waals surface area contributed by atoms with Crippen LogP contribution >= 0.6 is 0 Å². The molecule has 1 saturated heterocycles. The Balaban J connectivity index is 1.81. The van der Waals surface area contributed by atoms with E-state index >= 15 is 0 Å². The van der Waals surface area contributed by atoms with Gasteiger partial charge in [-0.15, -0.1) is 0 Å². The molecule has 0 radical (unpaired) electrons. The summed E-state index contributed by atoms with van der Waals surface area (Å²) in [6.07, 6.45) is 6.23. The van der Waals surface area contributed by atoms with Crippen molar-refractivity contribution < 1.29 is 4.74 Å². The lowest BCUT2D eigenvalue weighted by Gasteiger charge is -2.39. The van der Waals surface area contributed by atoms with Crippen LogP contribution in [0.1, 0.15) is 26.2 Å². The van der Waals surface area contributed by atoms with Crippen molar-refractivity contribution >= 4 is 0 Å². The van der Waals surface area contributed by atoms with Crippen molar-refractivity contribution in [3.05, 3.63) is 11.6 Å². The van der Waals surface area contributed by atoms with Gasteiger partial charge in [-0.1, -0.05) is 13.0 Å². The van der Waals surface area contributed by atoms with E-state index in [0.717, 1.165) is 13.2 Å². The highest BCUT2D eigenvalue weighted by atomic mass is 16.5. The number of nitrogens with zero attached hydrogens (tertiary/aromatic N) is 1. The maximum Gasteiger partial charge on any atom is 0.0673 e. The normalized spacial score (nSPS) is 31.3. The van der Waals surface area contributed by atoms with Gasteiger partial charge >= 0.3 is 0 Å². The number of rotatable bonds is 4. The van der Waals surface area contributed by atoms with Gasteiger partial charge in [0.05, 0.1) is 6.61 Å². The van der Waals surface area contributed by atoms with Gasteiger partial charge in [-0.25, -0.2) is 0 Å². The van der Waals surface area contributed by atoms with E-state index in [9.17, 15) is 0 Å². The van der Waals surface area contributed by atoms with Crippen molar-refractivity contribution in [2.75, 3.05) is 46.4 Å². The molecule has 1 unspecified atom stereocenters. The van der Waals surface area contributed by atoms with Gasteiger partial charge in [-0.3, -0.25) is 4.90 Å². The van der Waals surface area contributed by atoms with Crippen LogP contribution in [-0.2, 0) is 4.74 Å². The summed E-state index contributed by atoms with van der Waals surface area (Å²) in [5.41, 5.74) is 1.95. The van der Waals surface area contributed by atoms with Crippen LogP contribution in [0.5, 0.6) is 0 Å². The van der Waals surface area contributed by atoms with Crippen molar-refractivity contribution in [1.29, 1.82) is 0 Å². The minimum atomic E-state index is 0.477. The maximum atomic E-state index is 5.19. The lowest BCUT2D eigenvalue weighted by Crippen LogP contribution is -2.46. The first-order chi connectivity index (χ1) is 8.22. The SMILES string of the molecule is COCC1=CCN(CC2(C)CCCNC2)CC1. The molecule has 2 heterocycles.